The molecule has 0 unspecified atom stereocenters. The summed E-state index contributed by atoms with van der Waals surface area (Å²) < 4.78 is 6.32. The average Bonchev–Trinajstić information content (AvgIpc) is 2.61. The first-order valence-corrected chi connectivity index (χ1v) is 5.31. The Bertz CT molecular complexity index is 399. The fraction of sp³-hybridized carbons (Fsp3) is 0.273. The molecule has 0 aromatic heterocycles. The van der Waals surface area contributed by atoms with Gasteiger partial charge < -0.3 is 10.5 Å². The minimum absolute atomic E-state index is 0.590. The highest BCUT2D eigenvalue weighted by Crippen LogP contribution is 2.35. The summed E-state index contributed by atoms with van der Waals surface area (Å²) >= 11 is 3.54. The summed E-state index contributed by atoms with van der Waals surface area (Å²) in [5.74, 6) is 0.872. The number of nitrogens with two attached hydrogens (primary N) is 1. The van der Waals surface area contributed by atoms with E-state index in [1.165, 1.54) is 16.7 Å². The zero-order chi connectivity index (χ0) is 10.1. The number of rotatable bonds is 2. The molecule has 2 N–H and O–H groups in total. The summed E-state index contributed by atoms with van der Waals surface area (Å²) in [6, 6.07) is 4.04. The van der Waals surface area contributed by atoms with E-state index in [0.717, 1.165) is 16.6 Å². The van der Waals surface area contributed by atoms with Crippen molar-refractivity contribution >= 4 is 21.5 Å². The van der Waals surface area contributed by atoms with Crippen LogP contribution >= 0.6 is 15.9 Å². The molecule has 74 valence electrons. The van der Waals surface area contributed by atoms with Crippen LogP contribution in [0.3, 0.4) is 0 Å². The van der Waals surface area contributed by atoms with Crippen LogP contribution < -0.4 is 10.5 Å². The molecule has 2 nitrogen and oxygen atoms in total. The number of methoxy groups -OCH3 is 1. The number of hydrogen-bond acceptors (Lipinski definition) is 2. The lowest BCUT2D eigenvalue weighted by Gasteiger charge is -2.08. The van der Waals surface area contributed by atoms with Gasteiger partial charge in [0.15, 0.2) is 0 Å². The summed E-state index contributed by atoms with van der Waals surface area (Å²) in [4.78, 5) is 0. The lowest BCUT2D eigenvalue weighted by Crippen LogP contribution is -2.01. The van der Waals surface area contributed by atoms with Gasteiger partial charge >= 0.3 is 0 Å². The summed E-state index contributed by atoms with van der Waals surface area (Å²) in [6.45, 7) is 0.590. The second-order valence-electron chi connectivity index (χ2n) is 3.27. The fourth-order valence-corrected chi connectivity index (χ4v) is 2.35. The molecule has 0 atom stereocenters. The Kier molecular flexibility index (Phi) is 2.61. The maximum Gasteiger partial charge on any atom is 0.120 e. The van der Waals surface area contributed by atoms with Crippen LogP contribution in [-0.2, 0) is 6.42 Å². The van der Waals surface area contributed by atoms with Crippen LogP contribution in [0.5, 0.6) is 5.75 Å². The van der Waals surface area contributed by atoms with E-state index in [9.17, 15) is 0 Å². The standard InChI is InChI=1S/C11H12BrNO/c1-14-8-4-10-7(6-13)2-3-9(10)11(12)5-8/h2,4-5H,3,6,13H2,1H3. The molecular weight excluding hydrogens is 242 g/mol. The molecule has 0 spiro atoms. The van der Waals surface area contributed by atoms with E-state index >= 15 is 0 Å². The van der Waals surface area contributed by atoms with Crippen molar-refractivity contribution in [3.63, 3.8) is 0 Å². The van der Waals surface area contributed by atoms with Gasteiger partial charge in [-0.15, -0.1) is 0 Å². The highest BCUT2D eigenvalue weighted by atomic mass is 79.9. The monoisotopic (exact) mass is 253 g/mol. The molecular formula is C11H12BrNO. The Balaban J connectivity index is 2.53. The maximum atomic E-state index is 5.67. The molecule has 1 aliphatic carbocycles. The van der Waals surface area contributed by atoms with Gasteiger partial charge in [-0.25, -0.2) is 0 Å². The molecule has 1 aliphatic rings. The number of ether oxygens (including phenoxy) is 1. The first-order chi connectivity index (χ1) is 6.76. The number of hydrogen-bond donors (Lipinski definition) is 1. The van der Waals surface area contributed by atoms with E-state index in [2.05, 4.69) is 22.0 Å². The molecule has 2 rings (SSSR count). The Morgan fingerprint density at radius 2 is 2.29 bits per heavy atom. The van der Waals surface area contributed by atoms with E-state index in [1.54, 1.807) is 7.11 Å². The topological polar surface area (TPSA) is 35.2 Å². The molecule has 0 amide bonds. The minimum atomic E-state index is 0.590. The van der Waals surface area contributed by atoms with Crippen molar-refractivity contribution in [2.24, 2.45) is 5.73 Å². The third-order valence-corrected chi connectivity index (χ3v) is 3.23. The molecule has 0 bridgehead atoms. The smallest absolute Gasteiger partial charge is 0.120 e. The Morgan fingerprint density at radius 3 is 2.93 bits per heavy atom. The second kappa shape index (κ2) is 3.75. The molecule has 0 saturated carbocycles. The van der Waals surface area contributed by atoms with Crippen molar-refractivity contribution in [1.82, 2.24) is 0 Å². The van der Waals surface area contributed by atoms with E-state index in [4.69, 9.17) is 10.5 Å². The summed E-state index contributed by atoms with van der Waals surface area (Å²) in [5.41, 5.74) is 9.41. The van der Waals surface area contributed by atoms with Gasteiger partial charge in [-0.2, -0.15) is 0 Å². The van der Waals surface area contributed by atoms with Crippen molar-refractivity contribution in [2.45, 2.75) is 6.42 Å². The second-order valence-corrected chi connectivity index (χ2v) is 4.13. The van der Waals surface area contributed by atoms with Gasteiger partial charge in [-0.3, -0.25) is 0 Å². The van der Waals surface area contributed by atoms with Crippen LogP contribution in [0.4, 0.5) is 0 Å². The van der Waals surface area contributed by atoms with E-state index < -0.39 is 0 Å². The van der Waals surface area contributed by atoms with Crippen LogP contribution in [0.1, 0.15) is 11.1 Å². The van der Waals surface area contributed by atoms with Gasteiger partial charge in [0.1, 0.15) is 5.75 Å². The molecule has 14 heavy (non-hydrogen) atoms. The average molecular weight is 254 g/mol. The zero-order valence-corrected chi connectivity index (χ0v) is 9.60. The normalized spacial score (nSPS) is 13.8. The lowest BCUT2D eigenvalue weighted by molar-refractivity contribution is 0.414. The van der Waals surface area contributed by atoms with Crippen molar-refractivity contribution in [3.05, 3.63) is 33.8 Å². The third kappa shape index (κ3) is 1.47. The Morgan fingerprint density at radius 1 is 1.50 bits per heavy atom. The largest absolute Gasteiger partial charge is 0.497 e. The van der Waals surface area contributed by atoms with Gasteiger partial charge in [0.2, 0.25) is 0 Å². The molecule has 0 fully saturated rings. The zero-order valence-electron chi connectivity index (χ0n) is 8.01. The maximum absolute atomic E-state index is 5.67. The highest BCUT2D eigenvalue weighted by Gasteiger charge is 2.16. The van der Waals surface area contributed by atoms with Gasteiger partial charge in [-0.05, 0) is 35.3 Å². The SMILES string of the molecule is COc1cc(Br)c2c(c1)C(CN)=CC2. The van der Waals surface area contributed by atoms with E-state index in [1.807, 2.05) is 12.1 Å². The first-order valence-electron chi connectivity index (χ1n) is 4.52. The molecule has 0 saturated heterocycles. The highest BCUT2D eigenvalue weighted by molar-refractivity contribution is 9.10. The van der Waals surface area contributed by atoms with Crippen LogP contribution in [0.25, 0.3) is 5.57 Å². The quantitative estimate of drug-likeness (QED) is 0.879. The van der Waals surface area contributed by atoms with Crippen LogP contribution in [0.2, 0.25) is 0 Å². The lowest BCUT2D eigenvalue weighted by atomic mass is 10.1. The minimum Gasteiger partial charge on any atom is -0.497 e. The first kappa shape index (κ1) is 9.74. The molecule has 0 heterocycles. The van der Waals surface area contributed by atoms with Gasteiger partial charge in [0, 0.05) is 11.0 Å². The third-order valence-electron chi connectivity index (χ3n) is 2.52. The van der Waals surface area contributed by atoms with E-state index in [-0.39, 0.29) is 0 Å². The predicted molar refractivity (Wildman–Crippen MR) is 61.4 cm³/mol. The van der Waals surface area contributed by atoms with Crippen LogP contribution in [-0.4, -0.2) is 13.7 Å². The van der Waals surface area contributed by atoms with Gasteiger partial charge in [0.25, 0.3) is 0 Å². The van der Waals surface area contributed by atoms with Crippen molar-refractivity contribution < 1.29 is 4.74 Å². The number of benzene rings is 1. The van der Waals surface area contributed by atoms with Crippen molar-refractivity contribution in [2.75, 3.05) is 13.7 Å². The molecule has 0 aliphatic heterocycles. The number of halogens is 1. The van der Waals surface area contributed by atoms with E-state index in [0.29, 0.717) is 6.54 Å². The van der Waals surface area contributed by atoms with Gasteiger partial charge in [-0.1, -0.05) is 22.0 Å². The fourth-order valence-electron chi connectivity index (χ4n) is 1.75. The summed E-state index contributed by atoms with van der Waals surface area (Å²) in [7, 11) is 1.68. The van der Waals surface area contributed by atoms with Crippen molar-refractivity contribution in [1.29, 1.82) is 0 Å². The molecule has 0 radical (unpaired) electrons. The predicted octanol–water partition coefficient (Wildman–Crippen LogP) is 2.36. The Hall–Kier alpha value is -0.800. The number of fused-ring (bicyclic) bond motifs is 1. The van der Waals surface area contributed by atoms with Crippen LogP contribution in [0, 0.1) is 0 Å². The van der Waals surface area contributed by atoms with Crippen molar-refractivity contribution in [3.8, 4) is 5.75 Å². The van der Waals surface area contributed by atoms with Crippen LogP contribution in [0.15, 0.2) is 22.7 Å². The number of allylic oxidation sites excluding steroid dienone is 1. The Labute approximate surface area is 91.9 Å². The molecule has 1 aromatic carbocycles. The van der Waals surface area contributed by atoms with Gasteiger partial charge in [0.05, 0.1) is 7.11 Å². The summed E-state index contributed by atoms with van der Waals surface area (Å²) in [5, 5.41) is 0. The molecule has 1 aromatic rings. The summed E-state index contributed by atoms with van der Waals surface area (Å²) in [6.07, 6.45) is 3.14. The molecule has 3 heteroatoms.